The Kier molecular flexibility index (Phi) is 2.27. The monoisotopic (exact) mass is 253 g/mol. The van der Waals surface area contributed by atoms with E-state index >= 15 is 0 Å². The van der Waals surface area contributed by atoms with E-state index in [0.29, 0.717) is 5.75 Å². The summed E-state index contributed by atoms with van der Waals surface area (Å²) in [5.74, 6) is 0.338. The van der Waals surface area contributed by atoms with Gasteiger partial charge in [0.05, 0.1) is 15.4 Å². The molecule has 0 aliphatic carbocycles. The first-order chi connectivity index (χ1) is 6.66. The summed E-state index contributed by atoms with van der Waals surface area (Å²) in [6.45, 7) is 2.11. The summed E-state index contributed by atoms with van der Waals surface area (Å²) in [6, 6.07) is 5.59. The van der Waals surface area contributed by atoms with Crippen LogP contribution in [0, 0.1) is 0 Å². The number of aryl methyl sites for hydroxylation is 1. The van der Waals surface area contributed by atoms with Crippen molar-refractivity contribution in [3.63, 3.8) is 0 Å². The van der Waals surface area contributed by atoms with Gasteiger partial charge in [-0.15, -0.1) is 0 Å². The zero-order valence-electron chi connectivity index (χ0n) is 8.21. The molecule has 1 N–H and O–H groups in total. The summed E-state index contributed by atoms with van der Waals surface area (Å²) >= 11 is 3.53. The minimum atomic E-state index is 0.338. The molecular formula is C11H12BrNO. The van der Waals surface area contributed by atoms with Gasteiger partial charge in [-0.2, -0.15) is 0 Å². The van der Waals surface area contributed by atoms with Gasteiger partial charge in [-0.05, 0) is 34.5 Å². The Hall–Kier alpha value is -0.960. The van der Waals surface area contributed by atoms with E-state index in [1.165, 1.54) is 5.69 Å². The number of halogens is 1. The van der Waals surface area contributed by atoms with E-state index < -0.39 is 0 Å². The van der Waals surface area contributed by atoms with Crippen molar-refractivity contribution in [3.05, 3.63) is 28.4 Å². The van der Waals surface area contributed by atoms with Crippen LogP contribution in [0.25, 0.3) is 10.9 Å². The largest absolute Gasteiger partial charge is 0.507 e. The molecule has 0 saturated carbocycles. The molecule has 14 heavy (non-hydrogen) atoms. The van der Waals surface area contributed by atoms with Crippen LogP contribution in [0.3, 0.4) is 0 Å². The first kappa shape index (κ1) is 9.59. The second-order valence-electron chi connectivity index (χ2n) is 3.34. The average molecular weight is 254 g/mol. The van der Waals surface area contributed by atoms with E-state index in [9.17, 15) is 5.11 Å². The van der Waals surface area contributed by atoms with Crippen LogP contribution in [-0.2, 0) is 13.5 Å². The highest BCUT2D eigenvalue weighted by Gasteiger charge is 2.13. The van der Waals surface area contributed by atoms with Crippen LogP contribution in [-0.4, -0.2) is 9.67 Å². The lowest BCUT2D eigenvalue weighted by molar-refractivity contribution is 0.481. The van der Waals surface area contributed by atoms with Crippen LogP contribution in [0.4, 0.5) is 0 Å². The summed E-state index contributed by atoms with van der Waals surface area (Å²) < 4.78 is 3.12. The SMILES string of the molecule is CCc1c(Br)c2c(O)cccc2n1C. The number of phenols is 1. The van der Waals surface area contributed by atoms with Gasteiger partial charge in [-0.25, -0.2) is 0 Å². The van der Waals surface area contributed by atoms with Gasteiger partial charge in [-0.1, -0.05) is 13.0 Å². The summed E-state index contributed by atoms with van der Waals surface area (Å²) in [4.78, 5) is 0. The Morgan fingerprint density at radius 3 is 2.71 bits per heavy atom. The third-order valence-electron chi connectivity index (χ3n) is 2.59. The highest BCUT2D eigenvalue weighted by atomic mass is 79.9. The van der Waals surface area contributed by atoms with E-state index in [1.54, 1.807) is 6.07 Å². The van der Waals surface area contributed by atoms with E-state index in [1.807, 2.05) is 19.2 Å². The Balaban J connectivity index is 2.94. The Labute approximate surface area is 91.3 Å². The fraction of sp³-hybridized carbons (Fsp3) is 0.273. The van der Waals surface area contributed by atoms with E-state index in [2.05, 4.69) is 27.4 Å². The maximum Gasteiger partial charge on any atom is 0.126 e. The van der Waals surface area contributed by atoms with Gasteiger partial charge in [0.2, 0.25) is 0 Å². The smallest absolute Gasteiger partial charge is 0.126 e. The van der Waals surface area contributed by atoms with E-state index in [4.69, 9.17) is 0 Å². The zero-order chi connectivity index (χ0) is 10.3. The molecule has 0 aliphatic rings. The molecule has 0 spiro atoms. The highest BCUT2D eigenvalue weighted by molar-refractivity contribution is 9.10. The van der Waals surface area contributed by atoms with Crippen molar-refractivity contribution in [1.82, 2.24) is 4.57 Å². The van der Waals surface area contributed by atoms with Gasteiger partial charge in [-0.3, -0.25) is 0 Å². The standard InChI is InChI=1S/C11H12BrNO/c1-3-7-11(12)10-8(13(7)2)5-4-6-9(10)14/h4-6,14H,3H2,1-2H3. The lowest BCUT2D eigenvalue weighted by Gasteiger charge is -2.00. The molecule has 0 atom stereocenters. The van der Waals surface area contributed by atoms with Crippen LogP contribution < -0.4 is 0 Å². The maximum atomic E-state index is 9.74. The maximum absolute atomic E-state index is 9.74. The summed E-state index contributed by atoms with van der Waals surface area (Å²) in [5, 5.41) is 10.7. The molecule has 1 aromatic heterocycles. The molecule has 0 saturated heterocycles. The third kappa shape index (κ3) is 1.16. The number of phenolic OH excluding ortho intramolecular Hbond substituents is 1. The number of rotatable bonds is 1. The van der Waals surface area contributed by atoms with Crippen molar-refractivity contribution in [2.75, 3.05) is 0 Å². The average Bonchev–Trinajstić information content (AvgIpc) is 2.41. The van der Waals surface area contributed by atoms with Crippen molar-refractivity contribution in [2.45, 2.75) is 13.3 Å². The predicted molar refractivity (Wildman–Crippen MR) is 61.7 cm³/mol. The minimum absolute atomic E-state index is 0.338. The summed E-state index contributed by atoms with van der Waals surface area (Å²) in [5.41, 5.74) is 2.27. The Morgan fingerprint density at radius 2 is 2.14 bits per heavy atom. The molecule has 0 amide bonds. The Morgan fingerprint density at radius 1 is 1.43 bits per heavy atom. The number of hydrogen-bond acceptors (Lipinski definition) is 1. The normalized spacial score (nSPS) is 11.1. The molecule has 0 unspecified atom stereocenters. The second kappa shape index (κ2) is 3.31. The minimum Gasteiger partial charge on any atom is -0.507 e. The molecular weight excluding hydrogens is 242 g/mol. The molecule has 0 aliphatic heterocycles. The van der Waals surface area contributed by atoms with Crippen molar-refractivity contribution < 1.29 is 5.11 Å². The van der Waals surface area contributed by atoms with Gasteiger partial charge in [0.1, 0.15) is 5.75 Å². The second-order valence-corrected chi connectivity index (χ2v) is 4.14. The number of aromatic nitrogens is 1. The molecule has 1 heterocycles. The van der Waals surface area contributed by atoms with Crippen LogP contribution in [0.15, 0.2) is 22.7 Å². The molecule has 0 radical (unpaired) electrons. The molecule has 2 nitrogen and oxygen atoms in total. The first-order valence-corrected chi connectivity index (χ1v) is 5.40. The topological polar surface area (TPSA) is 25.2 Å². The molecule has 1 aromatic carbocycles. The molecule has 2 rings (SSSR count). The van der Waals surface area contributed by atoms with Gasteiger partial charge in [0.15, 0.2) is 0 Å². The molecule has 0 fully saturated rings. The third-order valence-corrected chi connectivity index (χ3v) is 3.45. The van der Waals surface area contributed by atoms with E-state index in [-0.39, 0.29) is 0 Å². The first-order valence-electron chi connectivity index (χ1n) is 4.61. The number of benzene rings is 1. The lowest BCUT2D eigenvalue weighted by Crippen LogP contribution is -1.93. The number of aromatic hydroxyl groups is 1. The number of nitrogens with zero attached hydrogens (tertiary/aromatic N) is 1. The van der Waals surface area contributed by atoms with Crippen molar-refractivity contribution in [3.8, 4) is 5.75 Å². The van der Waals surface area contributed by atoms with Crippen molar-refractivity contribution >= 4 is 26.8 Å². The fourth-order valence-corrected chi connectivity index (χ4v) is 2.81. The lowest BCUT2D eigenvalue weighted by atomic mass is 10.2. The summed E-state index contributed by atoms with van der Waals surface area (Å²) in [6.07, 6.45) is 0.950. The quantitative estimate of drug-likeness (QED) is 0.830. The zero-order valence-corrected chi connectivity index (χ0v) is 9.80. The van der Waals surface area contributed by atoms with Crippen molar-refractivity contribution in [2.24, 2.45) is 7.05 Å². The van der Waals surface area contributed by atoms with Gasteiger partial charge in [0.25, 0.3) is 0 Å². The van der Waals surface area contributed by atoms with Crippen molar-refractivity contribution in [1.29, 1.82) is 0 Å². The predicted octanol–water partition coefficient (Wildman–Crippen LogP) is 3.21. The van der Waals surface area contributed by atoms with Gasteiger partial charge >= 0.3 is 0 Å². The van der Waals surface area contributed by atoms with Crippen LogP contribution in [0.2, 0.25) is 0 Å². The Bertz CT molecular complexity index is 487. The molecule has 0 bridgehead atoms. The van der Waals surface area contributed by atoms with Crippen LogP contribution >= 0.6 is 15.9 Å². The van der Waals surface area contributed by atoms with Crippen LogP contribution in [0.5, 0.6) is 5.75 Å². The molecule has 74 valence electrons. The van der Waals surface area contributed by atoms with Gasteiger partial charge in [0, 0.05) is 12.7 Å². The van der Waals surface area contributed by atoms with E-state index in [0.717, 1.165) is 21.8 Å². The van der Waals surface area contributed by atoms with Crippen LogP contribution in [0.1, 0.15) is 12.6 Å². The molecule has 3 heteroatoms. The van der Waals surface area contributed by atoms with Gasteiger partial charge < -0.3 is 9.67 Å². The molecule has 2 aromatic rings. The highest BCUT2D eigenvalue weighted by Crippen LogP contribution is 2.36. The number of hydrogen-bond donors (Lipinski definition) is 1. The fourth-order valence-electron chi connectivity index (χ4n) is 1.86. The summed E-state index contributed by atoms with van der Waals surface area (Å²) in [7, 11) is 2.02. The number of fused-ring (bicyclic) bond motifs is 1.